The Kier molecular flexibility index (Phi) is 2.43. The Hall–Kier alpha value is -1.58. The first-order chi connectivity index (χ1) is 5.29. The summed E-state index contributed by atoms with van der Waals surface area (Å²) >= 11 is 0. The minimum atomic E-state index is -0.469. The maximum Gasteiger partial charge on any atom is 0.230 e. The summed E-state index contributed by atoms with van der Waals surface area (Å²) in [6.07, 6.45) is 4.82. The quantitative estimate of drug-likeness (QED) is 0.525. The molecule has 0 atom stereocenters. The molecule has 0 aliphatic carbocycles. The van der Waals surface area contributed by atoms with Crippen LogP contribution in [0.25, 0.3) is 0 Å². The molecule has 58 valence electrons. The van der Waals surface area contributed by atoms with E-state index in [9.17, 15) is 10.1 Å². The van der Waals surface area contributed by atoms with Crippen molar-refractivity contribution in [3.05, 3.63) is 46.4 Å². The molecule has 1 heterocycles. The molecule has 0 radical (unpaired) electrons. The fourth-order valence-corrected chi connectivity index (χ4v) is 0.760. The second-order valence-electron chi connectivity index (χ2n) is 2.07. The smallest absolute Gasteiger partial charge is 0.230 e. The standard InChI is InChI=1S/C7H8N2O2/c10-9(11)6-2-4-7-3-1-5-8-7/h1-3,5-6,8H,4H2. The van der Waals surface area contributed by atoms with Crippen LogP contribution in [0, 0.1) is 10.1 Å². The minimum Gasteiger partial charge on any atom is -0.365 e. The van der Waals surface area contributed by atoms with E-state index < -0.39 is 4.92 Å². The zero-order chi connectivity index (χ0) is 8.10. The number of H-pyrrole nitrogens is 1. The third kappa shape index (κ3) is 2.66. The molecule has 0 saturated heterocycles. The molecule has 0 aromatic carbocycles. The van der Waals surface area contributed by atoms with Crippen LogP contribution in [-0.2, 0) is 6.42 Å². The maximum absolute atomic E-state index is 9.84. The highest BCUT2D eigenvalue weighted by Gasteiger charge is 1.89. The van der Waals surface area contributed by atoms with Crippen molar-refractivity contribution in [3.8, 4) is 0 Å². The van der Waals surface area contributed by atoms with Gasteiger partial charge in [-0.3, -0.25) is 10.1 Å². The van der Waals surface area contributed by atoms with Gasteiger partial charge in [0.15, 0.2) is 0 Å². The molecule has 4 nitrogen and oxygen atoms in total. The molecule has 0 bridgehead atoms. The first-order valence-electron chi connectivity index (χ1n) is 3.21. The molecule has 0 aliphatic heterocycles. The summed E-state index contributed by atoms with van der Waals surface area (Å²) in [4.78, 5) is 12.3. The number of allylic oxidation sites excluding steroid dienone is 1. The Morgan fingerprint density at radius 1 is 1.73 bits per heavy atom. The summed E-state index contributed by atoms with van der Waals surface area (Å²) in [5.74, 6) is 0. The lowest BCUT2D eigenvalue weighted by Crippen LogP contribution is -1.84. The minimum absolute atomic E-state index is 0.469. The van der Waals surface area contributed by atoms with Crippen molar-refractivity contribution in [3.63, 3.8) is 0 Å². The van der Waals surface area contributed by atoms with Gasteiger partial charge in [-0.05, 0) is 18.2 Å². The number of nitro groups is 1. The van der Waals surface area contributed by atoms with Crippen LogP contribution >= 0.6 is 0 Å². The Morgan fingerprint density at radius 2 is 2.55 bits per heavy atom. The maximum atomic E-state index is 9.84. The molecule has 0 amide bonds. The van der Waals surface area contributed by atoms with Crippen molar-refractivity contribution in [2.24, 2.45) is 0 Å². The zero-order valence-electron chi connectivity index (χ0n) is 5.86. The van der Waals surface area contributed by atoms with Crippen LogP contribution in [0.2, 0.25) is 0 Å². The normalized spacial score (nSPS) is 10.5. The summed E-state index contributed by atoms with van der Waals surface area (Å²) in [7, 11) is 0. The van der Waals surface area contributed by atoms with Gasteiger partial charge >= 0.3 is 0 Å². The number of nitrogens with one attached hydrogen (secondary N) is 1. The summed E-state index contributed by atoms with van der Waals surface area (Å²) in [6.45, 7) is 0. The van der Waals surface area contributed by atoms with Gasteiger partial charge in [0.2, 0.25) is 6.20 Å². The Morgan fingerprint density at radius 3 is 3.09 bits per heavy atom. The molecule has 1 aromatic heterocycles. The van der Waals surface area contributed by atoms with Crippen LogP contribution in [0.4, 0.5) is 0 Å². The third-order valence-electron chi connectivity index (χ3n) is 1.23. The second-order valence-corrected chi connectivity index (χ2v) is 2.07. The Balaban J connectivity index is 2.40. The summed E-state index contributed by atoms with van der Waals surface area (Å²) in [5, 5.41) is 9.84. The Labute approximate surface area is 63.7 Å². The van der Waals surface area contributed by atoms with Gasteiger partial charge in [0.1, 0.15) is 0 Å². The SMILES string of the molecule is O=[N+]([O-])C=CCc1ccc[nH]1. The van der Waals surface area contributed by atoms with Crippen LogP contribution < -0.4 is 0 Å². The van der Waals surface area contributed by atoms with Crippen LogP contribution in [0.15, 0.2) is 30.6 Å². The lowest BCUT2D eigenvalue weighted by Gasteiger charge is -1.85. The van der Waals surface area contributed by atoms with E-state index in [4.69, 9.17) is 0 Å². The molecule has 1 aromatic rings. The van der Waals surface area contributed by atoms with Crippen molar-refractivity contribution in [2.75, 3.05) is 0 Å². The van der Waals surface area contributed by atoms with E-state index in [1.165, 1.54) is 6.08 Å². The predicted octanol–water partition coefficient (Wildman–Crippen LogP) is 1.35. The number of rotatable bonds is 3. The van der Waals surface area contributed by atoms with Crippen molar-refractivity contribution >= 4 is 0 Å². The van der Waals surface area contributed by atoms with E-state index in [0.717, 1.165) is 11.9 Å². The van der Waals surface area contributed by atoms with Gasteiger partial charge in [0.25, 0.3) is 0 Å². The number of aromatic nitrogens is 1. The van der Waals surface area contributed by atoms with E-state index >= 15 is 0 Å². The molecule has 11 heavy (non-hydrogen) atoms. The van der Waals surface area contributed by atoms with Crippen LogP contribution in [0.3, 0.4) is 0 Å². The van der Waals surface area contributed by atoms with Crippen molar-refractivity contribution in [2.45, 2.75) is 6.42 Å². The molecule has 0 unspecified atom stereocenters. The highest BCUT2D eigenvalue weighted by Crippen LogP contribution is 1.95. The van der Waals surface area contributed by atoms with E-state index in [1.807, 2.05) is 12.1 Å². The molecule has 0 saturated carbocycles. The Bertz CT molecular complexity index is 251. The molecular weight excluding hydrogens is 144 g/mol. The van der Waals surface area contributed by atoms with Crippen LogP contribution in [0.5, 0.6) is 0 Å². The lowest BCUT2D eigenvalue weighted by atomic mass is 10.3. The van der Waals surface area contributed by atoms with E-state index in [2.05, 4.69) is 4.98 Å². The van der Waals surface area contributed by atoms with E-state index in [1.54, 1.807) is 6.20 Å². The monoisotopic (exact) mass is 152 g/mol. The number of aromatic amines is 1. The molecule has 0 fully saturated rings. The fraction of sp³-hybridized carbons (Fsp3) is 0.143. The third-order valence-corrected chi connectivity index (χ3v) is 1.23. The molecule has 1 N–H and O–H groups in total. The summed E-state index contributed by atoms with van der Waals surface area (Å²) in [5.41, 5.74) is 0.975. The molecule has 0 aliphatic rings. The van der Waals surface area contributed by atoms with Gasteiger partial charge in [-0.25, -0.2) is 0 Å². The van der Waals surface area contributed by atoms with Gasteiger partial charge in [-0.2, -0.15) is 0 Å². The molecular formula is C7H8N2O2. The van der Waals surface area contributed by atoms with Gasteiger partial charge < -0.3 is 4.98 Å². The highest BCUT2D eigenvalue weighted by molar-refractivity contribution is 5.07. The zero-order valence-corrected chi connectivity index (χ0v) is 5.86. The number of hydrogen-bond donors (Lipinski definition) is 1. The second kappa shape index (κ2) is 3.55. The molecule has 0 spiro atoms. The first kappa shape index (κ1) is 7.53. The van der Waals surface area contributed by atoms with Crippen LogP contribution in [0.1, 0.15) is 5.69 Å². The fourth-order valence-electron chi connectivity index (χ4n) is 0.760. The topological polar surface area (TPSA) is 58.9 Å². The van der Waals surface area contributed by atoms with Crippen LogP contribution in [-0.4, -0.2) is 9.91 Å². The van der Waals surface area contributed by atoms with Gasteiger partial charge in [-0.15, -0.1) is 0 Å². The lowest BCUT2D eigenvalue weighted by molar-refractivity contribution is -0.402. The summed E-state index contributed by atoms with van der Waals surface area (Å²) < 4.78 is 0. The predicted molar refractivity (Wildman–Crippen MR) is 40.6 cm³/mol. The summed E-state index contributed by atoms with van der Waals surface area (Å²) in [6, 6.07) is 3.74. The highest BCUT2D eigenvalue weighted by atomic mass is 16.6. The molecule has 4 heteroatoms. The average molecular weight is 152 g/mol. The van der Waals surface area contributed by atoms with Gasteiger partial charge in [0, 0.05) is 18.3 Å². The average Bonchev–Trinajstić information content (AvgIpc) is 2.39. The van der Waals surface area contributed by atoms with Crippen molar-refractivity contribution < 1.29 is 4.92 Å². The number of hydrogen-bond acceptors (Lipinski definition) is 2. The van der Waals surface area contributed by atoms with E-state index in [0.29, 0.717) is 6.42 Å². The van der Waals surface area contributed by atoms with Gasteiger partial charge in [0.05, 0.1) is 4.92 Å². The van der Waals surface area contributed by atoms with Crippen molar-refractivity contribution in [1.29, 1.82) is 0 Å². The van der Waals surface area contributed by atoms with E-state index in [-0.39, 0.29) is 0 Å². The molecule has 1 rings (SSSR count). The van der Waals surface area contributed by atoms with Gasteiger partial charge in [-0.1, -0.05) is 0 Å². The largest absolute Gasteiger partial charge is 0.365 e. The number of nitrogens with zero attached hydrogens (tertiary/aromatic N) is 1. The first-order valence-corrected chi connectivity index (χ1v) is 3.21. The van der Waals surface area contributed by atoms with Crippen molar-refractivity contribution in [1.82, 2.24) is 4.98 Å².